The molecular formula is C8H19N3O2. The van der Waals surface area contributed by atoms with Crippen molar-refractivity contribution in [3.8, 4) is 0 Å². The molecule has 0 rings (SSSR count). The number of nitrogens with one attached hydrogen (secondary N) is 2. The third-order valence-electron chi connectivity index (χ3n) is 1.69. The van der Waals surface area contributed by atoms with Crippen molar-refractivity contribution in [1.82, 2.24) is 15.5 Å². The summed E-state index contributed by atoms with van der Waals surface area (Å²) in [5.41, 5.74) is 0. The molecule has 0 aliphatic carbocycles. The van der Waals surface area contributed by atoms with Gasteiger partial charge in [-0.2, -0.15) is 0 Å². The number of carboxylic acid groups (broad SMARTS) is 1. The average Bonchev–Trinajstić information content (AvgIpc) is 2.08. The molecule has 78 valence electrons. The summed E-state index contributed by atoms with van der Waals surface area (Å²) in [6, 6.07) is 0. The number of hydrogen-bond acceptors (Lipinski definition) is 4. The molecule has 0 aromatic heterocycles. The van der Waals surface area contributed by atoms with Crippen molar-refractivity contribution in [3.63, 3.8) is 0 Å². The summed E-state index contributed by atoms with van der Waals surface area (Å²) in [4.78, 5) is 12.3. The van der Waals surface area contributed by atoms with E-state index in [1.165, 1.54) is 0 Å². The van der Waals surface area contributed by atoms with Crippen LogP contribution in [0.3, 0.4) is 0 Å². The molecule has 0 aromatic rings. The van der Waals surface area contributed by atoms with Gasteiger partial charge in [0.15, 0.2) is 0 Å². The second-order valence-electron chi connectivity index (χ2n) is 2.98. The molecule has 13 heavy (non-hydrogen) atoms. The van der Waals surface area contributed by atoms with Crippen LogP contribution in [-0.4, -0.2) is 62.8 Å². The number of carbonyl (C=O) groups is 1. The largest absolute Gasteiger partial charge is 0.480 e. The van der Waals surface area contributed by atoms with E-state index >= 15 is 0 Å². The van der Waals surface area contributed by atoms with Gasteiger partial charge in [0.25, 0.3) is 0 Å². The van der Waals surface area contributed by atoms with Crippen LogP contribution in [0, 0.1) is 0 Å². The molecule has 0 saturated heterocycles. The monoisotopic (exact) mass is 189 g/mol. The van der Waals surface area contributed by atoms with Gasteiger partial charge in [-0.1, -0.05) is 0 Å². The fourth-order valence-electron chi connectivity index (χ4n) is 0.880. The molecule has 5 heteroatoms. The predicted octanol–water partition coefficient (Wildman–Crippen LogP) is -1.19. The molecule has 5 nitrogen and oxygen atoms in total. The van der Waals surface area contributed by atoms with Gasteiger partial charge in [0.05, 0.1) is 6.54 Å². The summed E-state index contributed by atoms with van der Waals surface area (Å²) in [6.45, 7) is 3.56. The van der Waals surface area contributed by atoms with Crippen molar-refractivity contribution in [2.45, 2.75) is 0 Å². The van der Waals surface area contributed by atoms with Crippen molar-refractivity contribution < 1.29 is 9.90 Å². The fourth-order valence-corrected chi connectivity index (χ4v) is 0.880. The van der Waals surface area contributed by atoms with Crippen molar-refractivity contribution in [2.24, 2.45) is 0 Å². The quantitative estimate of drug-likeness (QED) is 0.419. The van der Waals surface area contributed by atoms with Gasteiger partial charge in [-0.3, -0.25) is 4.79 Å². The van der Waals surface area contributed by atoms with Crippen molar-refractivity contribution in [1.29, 1.82) is 0 Å². The van der Waals surface area contributed by atoms with Crippen molar-refractivity contribution in [3.05, 3.63) is 0 Å². The summed E-state index contributed by atoms with van der Waals surface area (Å²) < 4.78 is 0. The molecule has 0 saturated carbocycles. The minimum Gasteiger partial charge on any atom is -0.480 e. The van der Waals surface area contributed by atoms with E-state index in [0.29, 0.717) is 6.54 Å². The van der Waals surface area contributed by atoms with Gasteiger partial charge >= 0.3 is 5.97 Å². The summed E-state index contributed by atoms with van der Waals surface area (Å²) in [5.74, 6) is -0.808. The number of nitrogens with zero attached hydrogens (tertiary/aromatic N) is 1. The Morgan fingerprint density at radius 2 is 2.00 bits per heavy atom. The molecule has 0 aliphatic heterocycles. The van der Waals surface area contributed by atoms with Gasteiger partial charge < -0.3 is 20.6 Å². The number of hydrogen-bond donors (Lipinski definition) is 3. The first-order valence-corrected chi connectivity index (χ1v) is 4.42. The van der Waals surface area contributed by atoms with Crippen LogP contribution in [0.25, 0.3) is 0 Å². The fraction of sp³-hybridized carbons (Fsp3) is 0.875. The Morgan fingerprint density at radius 1 is 1.38 bits per heavy atom. The smallest absolute Gasteiger partial charge is 0.317 e. The topological polar surface area (TPSA) is 64.6 Å². The van der Waals surface area contributed by atoms with Gasteiger partial charge in [-0.25, -0.2) is 0 Å². The molecule has 0 amide bonds. The first kappa shape index (κ1) is 12.3. The molecule has 3 N–H and O–H groups in total. The minimum atomic E-state index is -0.808. The Morgan fingerprint density at radius 3 is 2.54 bits per heavy atom. The lowest BCUT2D eigenvalue weighted by molar-refractivity contribution is -0.135. The Balaban J connectivity index is 3.16. The van der Waals surface area contributed by atoms with E-state index in [-0.39, 0.29) is 6.54 Å². The van der Waals surface area contributed by atoms with Crippen LogP contribution >= 0.6 is 0 Å². The minimum absolute atomic E-state index is 0.0415. The zero-order valence-corrected chi connectivity index (χ0v) is 8.34. The number of carboxylic acids is 1. The van der Waals surface area contributed by atoms with Gasteiger partial charge in [-0.15, -0.1) is 0 Å². The first-order valence-electron chi connectivity index (χ1n) is 4.42. The van der Waals surface area contributed by atoms with E-state index in [1.54, 1.807) is 0 Å². The third kappa shape index (κ3) is 9.26. The summed E-state index contributed by atoms with van der Waals surface area (Å²) in [6.07, 6.45) is 0. The van der Waals surface area contributed by atoms with E-state index in [0.717, 1.165) is 19.6 Å². The Labute approximate surface area is 79.1 Å². The molecule has 0 heterocycles. The maximum Gasteiger partial charge on any atom is 0.317 e. The molecule has 0 spiro atoms. The second kappa shape index (κ2) is 7.97. The standard InChI is InChI=1S/C8H19N3O2/c1-9-3-5-11(2)6-4-10-7-8(12)13/h9-10H,3-7H2,1-2H3,(H,12,13). The molecular weight excluding hydrogens is 170 g/mol. The molecule has 0 unspecified atom stereocenters. The van der Waals surface area contributed by atoms with Gasteiger partial charge in [0.1, 0.15) is 0 Å². The van der Waals surface area contributed by atoms with E-state index in [9.17, 15) is 4.79 Å². The van der Waals surface area contributed by atoms with Crippen LogP contribution in [0.4, 0.5) is 0 Å². The average molecular weight is 189 g/mol. The summed E-state index contributed by atoms with van der Waals surface area (Å²) in [7, 11) is 3.93. The van der Waals surface area contributed by atoms with Gasteiger partial charge in [0.2, 0.25) is 0 Å². The molecule has 0 fully saturated rings. The van der Waals surface area contributed by atoms with Crippen LogP contribution in [0.5, 0.6) is 0 Å². The van der Waals surface area contributed by atoms with E-state index in [4.69, 9.17) is 5.11 Å². The molecule has 0 bridgehead atoms. The zero-order chi connectivity index (χ0) is 10.1. The van der Waals surface area contributed by atoms with Gasteiger partial charge in [0, 0.05) is 26.2 Å². The highest BCUT2D eigenvalue weighted by molar-refractivity contribution is 5.68. The molecule has 0 radical (unpaired) electrons. The molecule has 0 aromatic carbocycles. The van der Waals surface area contributed by atoms with Crippen LogP contribution in [0.15, 0.2) is 0 Å². The van der Waals surface area contributed by atoms with Crippen molar-refractivity contribution in [2.75, 3.05) is 46.8 Å². The highest BCUT2D eigenvalue weighted by atomic mass is 16.4. The number of aliphatic carboxylic acids is 1. The highest BCUT2D eigenvalue weighted by Crippen LogP contribution is 1.78. The predicted molar refractivity (Wildman–Crippen MR) is 51.9 cm³/mol. The highest BCUT2D eigenvalue weighted by Gasteiger charge is 1.98. The van der Waals surface area contributed by atoms with Crippen LogP contribution in [0.1, 0.15) is 0 Å². The normalized spacial score (nSPS) is 10.7. The molecule has 0 atom stereocenters. The lowest BCUT2D eigenvalue weighted by Gasteiger charge is -2.15. The lowest BCUT2D eigenvalue weighted by atomic mass is 10.5. The summed E-state index contributed by atoms with van der Waals surface area (Å²) in [5, 5.41) is 14.2. The SMILES string of the molecule is CNCCN(C)CCNCC(=O)O. The summed E-state index contributed by atoms with van der Waals surface area (Å²) >= 11 is 0. The third-order valence-corrected chi connectivity index (χ3v) is 1.69. The number of likely N-dealkylation sites (N-methyl/N-ethyl adjacent to an activating group) is 2. The van der Waals surface area contributed by atoms with E-state index in [2.05, 4.69) is 15.5 Å². The molecule has 0 aliphatic rings. The zero-order valence-electron chi connectivity index (χ0n) is 8.34. The second-order valence-corrected chi connectivity index (χ2v) is 2.98. The maximum atomic E-state index is 10.1. The Kier molecular flexibility index (Phi) is 7.57. The van der Waals surface area contributed by atoms with E-state index in [1.807, 2.05) is 14.1 Å². The maximum absolute atomic E-state index is 10.1. The number of rotatable bonds is 8. The van der Waals surface area contributed by atoms with E-state index < -0.39 is 5.97 Å². The van der Waals surface area contributed by atoms with Crippen LogP contribution in [-0.2, 0) is 4.79 Å². The lowest BCUT2D eigenvalue weighted by Crippen LogP contribution is -2.35. The first-order chi connectivity index (χ1) is 6.16. The Bertz CT molecular complexity index is 141. The van der Waals surface area contributed by atoms with Gasteiger partial charge in [-0.05, 0) is 14.1 Å². The van der Waals surface area contributed by atoms with Crippen LogP contribution < -0.4 is 10.6 Å². The van der Waals surface area contributed by atoms with Crippen LogP contribution in [0.2, 0.25) is 0 Å². The Hall–Kier alpha value is -0.650. The van der Waals surface area contributed by atoms with Crippen molar-refractivity contribution >= 4 is 5.97 Å².